The largest absolute Gasteiger partial charge is 0.485 e. The fourth-order valence-corrected chi connectivity index (χ4v) is 3.92. The molecule has 6 nitrogen and oxygen atoms in total. The lowest BCUT2D eigenvalue weighted by atomic mass is 10.1. The Morgan fingerprint density at radius 3 is 3.04 bits per heavy atom. The van der Waals surface area contributed by atoms with Crippen molar-refractivity contribution in [3.8, 4) is 16.6 Å². The van der Waals surface area contributed by atoms with Crippen molar-refractivity contribution < 1.29 is 19.0 Å². The Bertz CT molecular complexity index is 960. The summed E-state index contributed by atoms with van der Waals surface area (Å²) in [7, 11) is 0. The molecular formula is C19H20N2O4S. The summed E-state index contributed by atoms with van der Waals surface area (Å²) in [6.07, 6.45) is 0.240. The van der Waals surface area contributed by atoms with Crippen LogP contribution < -0.4 is 19.5 Å². The van der Waals surface area contributed by atoms with Crippen LogP contribution in [0, 0.1) is 13.8 Å². The summed E-state index contributed by atoms with van der Waals surface area (Å²) in [5.74, 6) is 1.15. The molecule has 0 radical (unpaired) electrons. The van der Waals surface area contributed by atoms with Crippen molar-refractivity contribution in [1.29, 1.82) is 0 Å². The normalized spacial score (nSPS) is 13.0. The van der Waals surface area contributed by atoms with Crippen molar-refractivity contribution in [1.82, 2.24) is 10.3 Å². The van der Waals surface area contributed by atoms with Gasteiger partial charge in [0.1, 0.15) is 13.2 Å². The van der Waals surface area contributed by atoms with Crippen LogP contribution in [0.5, 0.6) is 16.6 Å². The van der Waals surface area contributed by atoms with Crippen LogP contribution in [-0.2, 0) is 6.42 Å². The lowest BCUT2D eigenvalue weighted by Gasteiger charge is -2.15. The molecule has 1 aromatic carbocycles. The van der Waals surface area contributed by atoms with Gasteiger partial charge in [0.05, 0.1) is 0 Å². The van der Waals surface area contributed by atoms with Crippen molar-refractivity contribution in [2.45, 2.75) is 20.3 Å². The van der Waals surface area contributed by atoms with Crippen molar-refractivity contribution in [3.05, 3.63) is 40.4 Å². The molecule has 0 atom stereocenters. The zero-order valence-corrected chi connectivity index (χ0v) is 15.5. The van der Waals surface area contributed by atoms with Gasteiger partial charge in [0.25, 0.3) is 0 Å². The van der Waals surface area contributed by atoms with Crippen molar-refractivity contribution in [3.63, 3.8) is 0 Å². The highest BCUT2D eigenvalue weighted by Gasteiger charge is 2.22. The number of amides is 1. The molecule has 0 fully saturated rings. The Morgan fingerprint density at radius 2 is 2.15 bits per heavy atom. The number of aromatic amines is 1. The van der Waals surface area contributed by atoms with Gasteiger partial charge in [-0.25, -0.2) is 4.79 Å². The van der Waals surface area contributed by atoms with Crippen LogP contribution in [-0.4, -0.2) is 30.8 Å². The minimum Gasteiger partial charge on any atom is -0.485 e. The molecule has 0 bridgehead atoms. The summed E-state index contributed by atoms with van der Waals surface area (Å²) in [6, 6.07) is 6.35. The fraction of sp³-hybridized carbons (Fsp3) is 0.316. The third kappa shape index (κ3) is 3.22. The molecule has 26 heavy (non-hydrogen) atoms. The van der Waals surface area contributed by atoms with E-state index in [1.165, 1.54) is 27.8 Å². The topological polar surface area (TPSA) is 72.6 Å². The first-order valence-corrected chi connectivity index (χ1v) is 9.40. The first kappa shape index (κ1) is 16.8. The van der Waals surface area contributed by atoms with Crippen LogP contribution in [0.25, 0.3) is 10.9 Å². The number of fused-ring (bicyclic) bond motifs is 2. The molecule has 1 aliphatic rings. The summed E-state index contributed by atoms with van der Waals surface area (Å²) in [4.78, 5) is 15.5. The van der Waals surface area contributed by atoms with Gasteiger partial charge < -0.3 is 24.5 Å². The molecule has 136 valence electrons. The number of rotatable bonds is 4. The molecule has 0 unspecified atom stereocenters. The average Bonchev–Trinajstić information content (AvgIpc) is 3.16. The molecule has 2 N–H and O–H groups in total. The molecule has 0 spiro atoms. The van der Waals surface area contributed by atoms with Gasteiger partial charge in [-0.1, -0.05) is 23.0 Å². The molecule has 1 aliphatic heterocycles. The number of nitrogens with one attached hydrogen (secondary N) is 2. The van der Waals surface area contributed by atoms with Gasteiger partial charge in [0.2, 0.25) is 10.8 Å². The van der Waals surface area contributed by atoms with Crippen LogP contribution in [0.3, 0.4) is 0 Å². The zero-order chi connectivity index (χ0) is 18.1. The number of hydrogen-bond donors (Lipinski definition) is 2. The van der Waals surface area contributed by atoms with Crippen molar-refractivity contribution in [2.24, 2.45) is 0 Å². The molecule has 2 aromatic heterocycles. The quantitative estimate of drug-likeness (QED) is 0.727. The van der Waals surface area contributed by atoms with E-state index in [9.17, 15) is 4.79 Å². The predicted molar refractivity (Wildman–Crippen MR) is 101 cm³/mol. The number of aromatic nitrogens is 1. The number of aryl methyl sites for hydroxylation is 2. The highest BCUT2D eigenvalue weighted by molar-refractivity contribution is 7.12. The highest BCUT2D eigenvalue weighted by atomic mass is 32.1. The van der Waals surface area contributed by atoms with Gasteiger partial charge in [-0.05, 0) is 38.0 Å². The summed E-state index contributed by atoms with van der Waals surface area (Å²) in [5, 5.41) is 6.23. The molecular weight excluding hydrogens is 352 g/mol. The molecule has 0 saturated heterocycles. The second-order valence-corrected chi connectivity index (χ2v) is 7.10. The molecule has 3 aromatic rings. The van der Waals surface area contributed by atoms with E-state index < -0.39 is 6.09 Å². The van der Waals surface area contributed by atoms with E-state index in [2.05, 4.69) is 42.3 Å². The van der Waals surface area contributed by atoms with Gasteiger partial charge in [-0.2, -0.15) is 0 Å². The maximum atomic E-state index is 12.1. The summed E-state index contributed by atoms with van der Waals surface area (Å²) in [5.41, 5.74) is 4.68. The Balaban J connectivity index is 1.38. The van der Waals surface area contributed by atoms with Crippen molar-refractivity contribution in [2.75, 3.05) is 19.8 Å². The lowest BCUT2D eigenvalue weighted by molar-refractivity contribution is 0.164. The Hall–Kier alpha value is -2.67. The zero-order valence-electron chi connectivity index (χ0n) is 14.7. The van der Waals surface area contributed by atoms with Crippen LogP contribution in [0.15, 0.2) is 23.6 Å². The van der Waals surface area contributed by atoms with Crippen molar-refractivity contribution >= 4 is 28.3 Å². The summed E-state index contributed by atoms with van der Waals surface area (Å²) >= 11 is 1.29. The Morgan fingerprint density at radius 1 is 1.31 bits per heavy atom. The van der Waals surface area contributed by atoms with E-state index in [4.69, 9.17) is 14.2 Å². The third-order valence-electron chi connectivity index (χ3n) is 4.37. The number of thiophene rings is 1. The first-order valence-electron chi connectivity index (χ1n) is 8.52. The minimum atomic E-state index is -0.488. The van der Waals surface area contributed by atoms with Crippen LogP contribution in [0.2, 0.25) is 0 Å². The van der Waals surface area contributed by atoms with E-state index >= 15 is 0 Å². The van der Waals surface area contributed by atoms with E-state index in [1.54, 1.807) is 5.38 Å². The SMILES string of the molecule is Cc1ccc2[nH]c(C)c(CCNC(=O)Oc3scc4c3OCCO4)c2c1. The minimum absolute atomic E-state index is 0.427. The van der Waals surface area contributed by atoms with Gasteiger partial charge in [-0.3, -0.25) is 0 Å². The smallest absolute Gasteiger partial charge is 0.413 e. The second-order valence-electron chi connectivity index (χ2n) is 6.26. The predicted octanol–water partition coefficient (Wildman–Crippen LogP) is 3.95. The van der Waals surface area contributed by atoms with E-state index in [1.807, 2.05) is 0 Å². The number of carbonyl (C=O) groups is 1. The molecule has 3 heterocycles. The van der Waals surface area contributed by atoms with Crippen LogP contribution in [0.1, 0.15) is 16.8 Å². The molecule has 1 amide bonds. The van der Waals surface area contributed by atoms with Crippen LogP contribution >= 0.6 is 11.3 Å². The van der Waals surface area contributed by atoms with Gasteiger partial charge in [0.15, 0.2) is 5.75 Å². The summed E-state index contributed by atoms with van der Waals surface area (Å²) < 4.78 is 16.3. The van der Waals surface area contributed by atoms with E-state index in [-0.39, 0.29) is 0 Å². The third-order valence-corrected chi connectivity index (χ3v) is 5.19. The second kappa shape index (κ2) is 6.92. The Labute approximate surface area is 155 Å². The summed E-state index contributed by atoms with van der Waals surface area (Å²) in [6.45, 7) is 5.60. The van der Waals surface area contributed by atoms with E-state index in [0.717, 1.165) is 17.6 Å². The highest BCUT2D eigenvalue weighted by Crippen LogP contribution is 2.45. The first-order chi connectivity index (χ1) is 12.6. The van der Waals surface area contributed by atoms with Crippen LogP contribution in [0.4, 0.5) is 4.79 Å². The lowest BCUT2D eigenvalue weighted by Crippen LogP contribution is -2.28. The molecule has 7 heteroatoms. The fourth-order valence-electron chi connectivity index (χ4n) is 3.14. The van der Waals surface area contributed by atoms with Gasteiger partial charge in [0, 0.05) is 28.5 Å². The number of ether oxygens (including phenoxy) is 3. The maximum absolute atomic E-state index is 12.1. The average molecular weight is 372 g/mol. The standard InChI is InChI=1S/C19H20N2O4S/c1-11-3-4-15-14(9-11)13(12(2)21-15)5-6-20-19(22)25-18-17-16(10-26-18)23-7-8-24-17/h3-4,9-10,21H,5-8H2,1-2H3,(H,20,22). The van der Waals surface area contributed by atoms with Gasteiger partial charge in [-0.15, -0.1) is 0 Å². The molecule has 4 rings (SSSR count). The van der Waals surface area contributed by atoms with E-state index in [0.29, 0.717) is 36.3 Å². The monoisotopic (exact) mass is 372 g/mol. The maximum Gasteiger partial charge on any atom is 0.413 e. The van der Waals surface area contributed by atoms with Gasteiger partial charge >= 0.3 is 6.09 Å². The number of benzene rings is 1. The number of H-pyrrole nitrogens is 1. The molecule has 0 saturated carbocycles. The number of carbonyl (C=O) groups excluding carboxylic acids is 1. The Kier molecular flexibility index (Phi) is 4.46. The number of hydrogen-bond acceptors (Lipinski definition) is 5. The molecule has 0 aliphatic carbocycles.